The largest absolute Gasteiger partial charge is 0.466 e. The fraction of sp³-hybridized carbons (Fsp3) is 0.700. The van der Waals surface area contributed by atoms with Crippen molar-refractivity contribution >= 4 is 40.9 Å². The fourth-order valence-electron chi connectivity index (χ4n) is 6.37. The number of amides is 2. The zero-order chi connectivity index (χ0) is 20.7. The van der Waals surface area contributed by atoms with Crippen LogP contribution in [0.4, 0.5) is 0 Å². The van der Waals surface area contributed by atoms with Crippen molar-refractivity contribution in [2.24, 2.45) is 29.6 Å². The number of carbonyl (C=O) groups excluding carboxylic acids is 3. The molecule has 4 aliphatic rings. The molecule has 0 aromatic carbocycles. The van der Waals surface area contributed by atoms with Crippen LogP contribution in [0.1, 0.15) is 38.5 Å². The van der Waals surface area contributed by atoms with Crippen molar-refractivity contribution in [1.82, 2.24) is 9.88 Å². The maximum atomic E-state index is 13.2. The number of esters is 1. The highest BCUT2D eigenvalue weighted by molar-refractivity contribution is 8.00. The Hall–Kier alpha value is -1.61. The number of hydrogen-bond acceptors (Lipinski definition) is 7. The molecule has 156 valence electrons. The molecule has 1 N–H and O–H groups in total. The first-order valence-corrected chi connectivity index (χ1v) is 11.9. The van der Waals surface area contributed by atoms with Gasteiger partial charge in [0.05, 0.1) is 29.9 Å². The topological polar surface area (TPSA) is 96.5 Å². The lowest BCUT2D eigenvalue weighted by molar-refractivity contribution is -0.145. The van der Waals surface area contributed by atoms with Crippen molar-refractivity contribution in [3.63, 3.8) is 0 Å². The molecule has 0 spiro atoms. The smallest absolute Gasteiger partial charge is 0.307 e. The van der Waals surface area contributed by atoms with E-state index in [2.05, 4.69) is 18.8 Å². The van der Waals surface area contributed by atoms with Crippen LogP contribution in [0.5, 0.6) is 0 Å². The molecule has 2 aliphatic heterocycles. The Morgan fingerprint density at radius 1 is 1.21 bits per heavy atom. The van der Waals surface area contributed by atoms with Crippen molar-refractivity contribution in [3.8, 4) is 0 Å². The van der Waals surface area contributed by atoms with Crippen LogP contribution in [0.15, 0.2) is 9.82 Å². The Morgan fingerprint density at radius 3 is 2.59 bits per heavy atom. The van der Waals surface area contributed by atoms with E-state index in [-0.39, 0.29) is 82.5 Å². The Morgan fingerprint density at radius 2 is 1.90 bits per heavy atom. The number of H-pyrrole nitrogens is 1. The Balaban J connectivity index is 1.43. The minimum atomic E-state index is -0.383. The lowest BCUT2D eigenvalue weighted by atomic mass is 9.64. The molecule has 2 saturated carbocycles. The number of imide groups is 1. The molecule has 5 rings (SSSR count). The van der Waals surface area contributed by atoms with E-state index in [9.17, 15) is 19.2 Å². The molecule has 7 nitrogen and oxygen atoms in total. The Bertz CT molecular complexity index is 966. The van der Waals surface area contributed by atoms with Crippen molar-refractivity contribution in [1.29, 1.82) is 0 Å². The molecule has 1 aromatic heterocycles. The van der Waals surface area contributed by atoms with Crippen molar-refractivity contribution in [2.75, 3.05) is 13.2 Å². The number of rotatable bonds is 4. The Labute approximate surface area is 176 Å². The number of nitrogens with zero attached hydrogens (tertiary/aromatic N) is 1. The first-order valence-electron chi connectivity index (χ1n) is 10.2. The zero-order valence-corrected chi connectivity index (χ0v) is 18.2. The first kappa shape index (κ1) is 19.4. The molecular formula is C20H24N2O5S2. The molecule has 9 heteroatoms. The van der Waals surface area contributed by atoms with Gasteiger partial charge < -0.3 is 9.72 Å². The number of aromatic nitrogens is 1. The number of thioether (sulfide) groups is 1. The second kappa shape index (κ2) is 6.44. The minimum Gasteiger partial charge on any atom is -0.466 e. The molecule has 1 aromatic rings. The summed E-state index contributed by atoms with van der Waals surface area (Å²) in [6.07, 6.45) is 0.940. The molecule has 29 heavy (non-hydrogen) atoms. The van der Waals surface area contributed by atoms with Gasteiger partial charge in [-0.3, -0.25) is 24.1 Å². The predicted octanol–water partition coefficient (Wildman–Crippen LogP) is 2.01. The average Bonchev–Trinajstić information content (AvgIpc) is 3.36. The highest BCUT2D eigenvalue weighted by atomic mass is 32.2. The first-order chi connectivity index (χ1) is 13.8. The summed E-state index contributed by atoms with van der Waals surface area (Å²) < 4.78 is 4.94. The van der Waals surface area contributed by atoms with E-state index in [1.54, 1.807) is 18.7 Å². The summed E-state index contributed by atoms with van der Waals surface area (Å²) in [5, 5.41) is 1.17. The SMILES string of the molecule is CCOC(=O)CCN1C(=O)[C@@H]2[C@@H]3C[C@@H]([C@@H]2C1=O)[C@@H]1[C@@H]3Sc2[nH]c(=O)sc2C1(C)C. The standard InChI is InChI=1S/C20H24N2O5S2/c1-4-27-10(23)5-6-22-17(24)11-8-7-9(12(11)18(22)25)14-13(8)20(2,3)15-16(28-14)21-19(26)29-15/h8-9,11-14H,4-7H2,1-3H3,(H,21,26)/t8-,9-,11-,12+,13+,14+/m0/s1. The van der Waals surface area contributed by atoms with Crippen LogP contribution < -0.4 is 4.87 Å². The zero-order valence-electron chi connectivity index (χ0n) is 16.6. The van der Waals surface area contributed by atoms with Gasteiger partial charge in [-0.25, -0.2) is 0 Å². The van der Waals surface area contributed by atoms with Crippen LogP contribution in [-0.2, 0) is 24.5 Å². The van der Waals surface area contributed by atoms with E-state index in [1.165, 1.54) is 16.2 Å². The van der Waals surface area contributed by atoms with Gasteiger partial charge in [-0.1, -0.05) is 25.2 Å². The van der Waals surface area contributed by atoms with Gasteiger partial charge >= 0.3 is 10.8 Å². The van der Waals surface area contributed by atoms with E-state index in [0.29, 0.717) is 0 Å². The van der Waals surface area contributed by atoms with Crippen LogP contribution >= 0.6 is 23.1 Å². The molecule has 2 aliphatic carbocycles. The van der Waals surface area contributed by atoms with E-state index in [4.69, 9.17) is 4.74 Å². The monoisotopic (exact) mass is 436 g/mol. The highest BCUT2D eigenvalue weighted by Crippen LogP contribution is 2.68. The van der Waals surface area contributed by atoms with Crippen LogP contribution in [0.3, 0.4) is 0 Å². The number of carbonyl (C=O) groups is 3. The van der Waals surface area contributed by atoms with Crippen LogP contribution in [0.25, 0.3) is 0 Å². The second-order valence-electron chi connectivity index (χ2n) is 9.00. The van der Waals surface area contributed by atoms with E-state index in [0.717, 1.165) is 16.3 Å². The summed E-state index contributed by atoms with van der Waals surface area (Å²) >= 11 is 2.96. The highest BCUT2D eigenvalue weighted by Gasteiger charge is 2.70. The Kier molecular flexibility index (Phi) is 4.30. The molecule has 1 saturated heterocycles. The van der Waals surface area contributed by atoms with E-state index < -0.39 is 0 Å². The van der Waals surface area contributed by atoms with Gasteiger partial charge in [0.2, 0.25) is 11.8 Å². The number of fused-ring (bicyclic) bond motifs is 9. The maximum absolute atomic E-state index is 13.2. The van der Waals surface area contributed by atoms with Gasteiger partial charge in [0.15, 0.2) is 0 Å². The lowest BCUT2D eigenvalue weighted by Gasteiger charge is -2.47. The molecule has 0 radical (unpaired) electrons. The summed E-state index contributed by atoms with van der Waals surface area (Å²) in [5.41, 5.74) is -0.207. The van der Waals surface area contributed by atoms with Crippen molar-refractivity contribution in [2.45, 2.75) is 49.3 Å². The molecular weight excluding hydrogens is 412 g/mol. The van der Waals surface area contributed by atoms with Gasteiger partial charge in [-0.2, -0.15) is 0 Å². The quantitative estimate of drug-likeness (QED) is 0.573. The fourth-order valence-corrected chi connectivity index (χ4v) is 9.53. The summed E-state index contributed by atoms with van der Waals surface area (Å²) in [6, 6.07) is 0. The summed E-state index contributed by atoms with van der Waals surface area (Å²) in [6.45, 7) is 6.47. The number of thiazole rings is 1. The van der Waals surface area contributed by atoms with Gasteiger partial charge in [0.1, 0.15) is 0 Å². The number of ether oxygens (including phenoxy) is 1. The normalized spacial score (nSPS) is 36.2. The summed E-state index contributed by atoms with van der Waals surface area (Å²) in [5.74, 6) is -0.653. The molecule has 3 heterocycles. The third kappa shape index (κ3) is 2.55. The predicted molar refractivity (Wildman–Crippen MR) is 108 cm³/mol. The number of aromatic amines is 1. The molecule has 2 amide bonds. The van der Waals surface area contributed by atoms with Crippen LogP contribution in [-0.4, -0.2) is 46.1 Å². The molecule has 3 fully saturated rings. The summed E-state index contributed by atoms with van der Waals surface area (Å²) in [4.78, 5) is 55.3. The third-order valence-electron chi connectivity index (χ3n) is 7.33. The van der Waals surface area contributed by atoms with Gasteiger partial charge in [-0.15, -0.1) is 11.8 Å². The molecule has 6 atom stereocenters. The van der Waals surface area contributed by atoms with Gasteiger partial charge in [0, 0.05) is 22.1 Å². The maximum Gasteiger partial charge on any atom is 0.307 e. The second-order valence-corrected chi connectivity index (χ2v) is 11.2. The van der Waals surface area contributed by atoms with Crippen molar-refractivity contribution < 1.29 is 19.1 Å². The van der Waals surface area contributed by atoms with Gasteiger partial charge in [0.25, 0.3) is 0 Å². The molecule has 2 bridgehead atoms. The lowest BCUT2D eigenvalue weighted by Crippen LogP contribution is -2.48. The number of hydrogen-bond donors (Lipinski definition) is 1. The van der Waals surface area contributed by atoms with Gasteiger partial charge in [-0.05, 0) is 31.1 Å². The number of nitrogens with one attached hydrogen (secondary N) is 1. The minimum absolute atomic E-state index is 0.0413. The number of likely N-dealkylation sites (tertiary alicyclic amines) is 1. The van der Waals surface area contributed by atoms with E-state index in [1.807, 2.05) is 0 Å². The molecule has 0 unspecified atom stereocenters. The van der Waals surface area contributed by atoms with Crippen molar-refractivity contribution in [3.05, 3.63) is 14.5 Å². The van der Waals surface area contributed by atoms with E-state index >= 15 is 0 Å². The third-order valence-corrected chi connectivity index (χ3v) is 10.1. The average molecular weight is 437 g/mol. The van der Waals surface area contributed by atoms with Crippen LogP contribution in [0, 0.1) is 29.6 Å². The summed E-state index contributed by atoms with van der Waals surface area (Å²) in [7, 11) is 0. The van der Waals surface area contributed by atoms with Crippen LogP contribution in [0.2, 0.25) is 0 Å².